The normalized spacial score (nSPS) is 19.4. The Morgan fingerprint density at radius 3 is 2.30 bits per heavy atom. The molecule has 1 unspecified atom stereocenters. The largest absolute Gasteiger partial charge is 0.444 e. The first-order valence-corrected chi connectivity index (χ1v) is 9.46. The Morgan fingerprint density at radius 2 is 1.85 bits per heavy atom. The lowest BCUT2D eigenvalue weighted by Gasteiger charge is -2.31. The average molecular weight is 326 g/mol. The van der Waals surface area contributed by atoms with E-state index in [4.69, 9.17) is 15.4 Å². The van der Waals surface area contributed by atoms with E-state index in [-0.39, 0.29) is 11.7 Å². The summed E-state index contributed by atoms with van der Waals surface area (Å²) in [6.45, 7) is 5.29. The third kappa shape index (κ3) is 7.33. The van der Waals surface area contributed by atoms with Gasteiger partial charge in [0.2, 0.25) is 9.05 Å². The van der Waals surface area contributed by atoms with Gasteiger partial charge in [-0.2, -0.15) is 0 Å². The van der Waals surface area contributed by atoms with Gasteiger partial charge in [0.15, 0.2) is 0 Å². The molecule has 5 nitrogen and oxygen atoms in total. The van der Waals surface area contributed by atoms with Gasteiger partial charge in [0.25, 0.3) is 0 Å². The van der Waals surface area contributed by atoms with Gasteiger partial charge in [-0.25, -0.2) is 13.2 Å². The Balaban J connectivity index is 2.69. The molecular weight excluding hydrogens is 302 g/mol. The highest BCUT2D eigenvalue weighted by molar-refractivity contribution is 8.13. The molecule has 118 valence electrons. The number of amides is 1. The van der Waals surface area contributed by atoms with Crippen molar-refractivity contribution >= 4 is 25.8 Å². The van der Waals surface area contributed by atoms with Gasteiger partial charge in [-0.15, -0.1) is 0 Å². The molecule has 0 aromatic heterocycles. The Kier molecular flexibility index (Phi) is 6.13. The van der Waals surface area contributed by atoms with E-state index in [1.165, 1.54) is 0 Å². The standard InChI is InChI=1S/C13H24ClNO4S/c1-13(2,3)19-12(16)15-11(9-20(14,17)18)10-7-5-4-6-8-10/h10-11H,4-9H2,1-3H3,(H,15,16). The molecule has 0 spiro atoms. The Bertz CT molecular complexity index is 424. The molecule has 1 saturated carbocycles. The van der Waals surface area contributed by atoms with E-state index in [1.807, 2.05) is 0 Å². The molecule has 0 aromatic carbocycles. The zero-order chi connectivity index (χ0) is 15.4. The van der Waals surface area contributed by atoms with Crippen molar-refractivity contribution in [3.05, 3.63) is 0 Å². The lowest BCUT2D eigenvalue weighted by molar-refractivity contribution is 0.0486. The minimum atomic E-state index is -3.66. The third-order valence-corrected chi connectivity index (χ3v) is 4.43. The molecule has 1 aliphatic rings. The fourth-order valence-electron chi connectivity index (χ4n) is 2.51. The molecule has 1 aliphatic carbocycles. The van der Waals surface area contributed by atoms with Crippen molar-refractivity contribution < 1.29 is 17.9 Å². The lowest BCUT2D eigenvalue weighted by Crippen LogP contribution is -2.46. The number of carbonyl (C=O) groups excluding carboxylic acids is 1. The molecule has 7 heteroatoms. The van der Waals surface area contributed by atoms with Gasteiger partial charge in [0.1, 0.15) is 5.60 Å². The van der Waals surface area contributed by atoms with Crippen LogP contribution in [0.15, 0.2) is 0 Å². The van der Waals surface area contributed by atoms with Crippen LogP contribution in [0.1, 0.15) is 52.9 Å². The van der Waals surface area contributed by atoms with Crippen molar-refractivity contribution in [2.24, 2.45) is 5.92 Å². The van der Waals surface area contributed by atoms with Gasteiger partial charge in [0, 0.05) is 10.7 Å². The van der Waals surface area contributed by atoms with Crippen molar-refractivity contribution in [3.63, 3.8) is 0 Å². The van der Waals surface area contributed by atoms with Crippen molar-refractivity contribution in [1.29, 1.82) is 0 Å². The lowest BCUT2D eigenvalue weighted by atomic mass is 9.84. The summed E-state index contributed by atoms with van der Waals surface area (Å²) < 4.78 is 27.8. The fourth-order valence-corrected chi connectivity index (χ4v) is 3.70. The molecule has 1 amide bonds. The summed E-state index contributed by atoms with van der Waals surface area (Å²) in [5.41, 5.74) is -0.610. The average Bonchev–Trinajstić information content (AvgIpc) is 2.25. The first kappa shape index (κ1) is 17.6. The predicted octanol–water partition coefficient (Wildman–Crippen LogP) is 3.03. The van der Waals surface area contributed by atoms with Crippen LogP contribution in [-0.2, 0) is 13.8 Å². The number of hydrogen-bond donors (Lipinski definition) is 1. The van der Waals surface area contributed by atoms with Gasteiger partial charge in [-0.1, -0.05) is 19.3 Å². The number of halogens is 1. The Labute approximate surface area is 125 Å². The van der Waals surface area contributed by atoms with Crippen molar-refractivity contribution in [2.45, 2.75) is 64.5 Å². The number of carbonyl (C=O) groups is 1. The van der Waals surface area contributed by atoms with E-state index in [1.54, 1.807) is 20.8 Å². The molecule has 1 N–H and O–H groups in total. The van der Waals surface area contributed by atoms with Crippen molar-refractivity contribution in [2.75, 3.05) is 5.75 Å². The number of rotatable bonds is 4. The summed E-state index contributed by atoms with van der Waals surface area (Å²) in [4.78, 5) is 11.8. The first-order chi connectivity index (χ1) is 9.07. The van der Waals surface area contributed by atoms with E-state index < -0.39 is 26.8 Å². The minimum Gasteiger partial charge on any atom is -0.444 e. The summed E-state index contributed by atoms with van der Waals surface area (Å²) in [5, 5.41) is 2.68. The second-order valence-electron chi connectivity index (χ2n) is 6.36. The number of hydrogen-bond acceptors (Lipinski definition) is 4. The smallest absolute Gasteiger partial charge is 0.407 e. The van der Waals surface area contributed by atoms with Crippen molar-refractivity contribution in [3.8, 4) is 0 Å². The molecule has 1 rings (SSSR count). The van der Waals surface area contributed by atoms with Gasteiger partial charge >= 0.3 is 6.09 Å². The van der Waals surface area contributed by atoms with Crippen LogP contribution in [0.25, 0.3) is 0 Å². The summed E-state index contributed by atoms with van der Waals surface area (Å²) in [7, 11) is 1.68. The molecule has 20 heavy (non-hydrogen) atoms. The van der Waals surface area contributed by atoms with E-state index in [9.17, 15) is 13.2 Å². The van der Waals surface area contributed by atoms with Crippen LogP contribution in [0.4, 0.5) is 4.79 Å². The highest BCUT2D eigenvalue weighted by Crippen LogP contribution is 2.27. The third-order valence-electron chi connectivity index (χ3n) is 3.30. The zero-order valence-electron chi connectivity index (χ0n) is 12.3. The number of ether oxygens (including phenoxy) is 1. The van der Waals surface area contributed by atoms with E-state index in [0.717, 1.165) is 32.1 Å². The highest BCUT2D eigenvalue weighted by Gasteiger charge is 2.30. The molecular formula is C13H24ClNO4S. The maximum absolute atomic E-state index is 11.8. The summed E-state index contributed by atoms with van der Waals surface area (Å²) in [6.07, 6.45) is 4.50. The van der Waals surface area contributed by atoms with Gasteiger partial charge in [0.05, 0.1) is 11.8 Å². The predicted molar refractivity (Wildman–Crippen MR) is 79.4 cm³/mol. The molecule has 1 atom stereocenters. The van der Waals surface area contributed by atoms with Gasteiger partial charge < -0.3 is 10.1 Å². The van der Waals surface area contributed by atoms with Crippen LogP contribution < -0.4 is 5.32 Å². The zero-order valence-corrected chi connectivity index (χ0v) is 13.9. The SMILES string of the molecule is CC(C)(C)OC(=O)NC(CS(=O)(=O)Cl)C1CCCCC1. The molecule has 0 aliphatic heterocycles. The molecule has 1 fully saturated rings. The van der Waals surface area contributed by atoms with E-state index in [0.29, 0.717) is 0 Å². The minimum absolute atomic E-state index is 0.143. The van der Waals surface area contributed by atoms with Crippen LogP contribution in [0.2, 0.25) is 0 Å². The highest BCUT2D eigenvalue weighted by atomic mass is 35.7. The van der Waals surface area contributed by atoms with Gasteiger partial charge in [-0.3, -0.25) is 0 Å². The molecule has 0 aromatic rings. The second-order valence-corrected chi connectivity index (χ2v) is 9.18. The Hall–Kier alpha value is -0.490. The Morgan fingerprint density at radius 1 is 1.30 bits per heavy atom. The van der Waals surface area contributed by atoms with Crippen molar-refractivity contribution in [1.82, 2.24) is 5.32 Å². The monoisotopic (exact) mass is 325 g/mol. The second kappa shape index (κ2) is 6.98. The fraction of sp³-hybridized carbons (Fsp3) is 0.923. The van der Waals surface area contributed by atoms with Crippen LogP contribution in [0.3, 0.4) is 0 Å². The summed E-state index contributed by atoms with van der Waals surface area (Å²) in [6, 6.07) is -0.479. The maximum atomic E-state index is 11.8. The first-order valence-electron chi connectivity index (χ1n) is 6.99. The van der Waals surface area contributed by atoms with Crippen LogP contribution in [-0.4, -0.2) is 31.9 Å². The van der Waals surface area contributed by atoms with Gasteiger partial charge in [-0.05, 0) is 39.5 Å². The molecule has 0 heterocycles. The van der Waals surface area contributed by atoms with E-state index in [2.05, 4.69) is 5.32 Å². The summed E-state index contributed by atoms with van der Waals surface area (Å²) in [5.74, 6) is -0.108. The quantitative estimate of drug-likeness (QED) is 0.806. The molecule has 0 radical (unpaired) electrons. The molecule has 0 bridgehead atoms. The van der Waals surface area contributed by atoms with Crippen LogP contribution in [0, 0.1) is 5.92 Å². The number of alkyl carbamates (subject to hydrolysis) is 1. The van der Waals surface area contributed by atoms with Crippen LogP contribution in [0.5, 0.6) is 0 Å². The number of nitrogens with one attached hydrogen (secondary N) is 1. The topological polar surface area (TPSA) is 72.5 Å². The van der Waals surface area contributed by atoms with Crippen LogP contribution >= 0.6 is 10.7 Å². The maximum Gasteiger partial charge on any atom is 0.407 e. The summed E-state index contributed by atoms with van der Waals surface area (Å²) >= 11 is 0. The molecule has 0 saturated heterocycles. The van der Waals surface area contributed by atoms with E-state index >= 15 is 0 Å².